The molecule has 0 aromatic heterocycles. The molecule has 0 saturated carbocycles. The van der Waals surface area contributed by atoms with E-state index in [1.165, 1.54) is 51.6 Å². The van der Waals surface area contributed by atoms with Crippen molar-refractivity contribution < 1.29 is 0 Å². The maximum atomic E-state index is 2.72. The van der Waals surface area contributed by atoms with Gasteiger partial charge in [-0.1, -0.05) is 40.5 Å². The molecule has 92 valence electrons. The van der Waals surface area contributed by atoms with Crippen molar-refractivity contribution in [2.75, 3.05) is 13.1 Å². The van der Waals surface area contributed by atoms with Gasteiger partial charge in [0.15, 0.2) is 0 Å². The van der Waals surface area contributed by atoms with Crippen molar-refractivity contribution in [3.05, 3.63) is 0 Å². The molecule has 15 heavy (non-hydrogen) atoms. The number of unbranched alkanes of at least 4 members (excludes halogenated alkanes) is 1. The van der Waals surface area contributed by atoms with Crippen molar-refractivity contribution >= 4 is 0 Å². The third kappa shape index (κ3) is 5.01. The molecule has 0 saturated heterocycles. The van der Waals surface area contributed by atoms with E-state index in [9.17, 15) is 0 Å². The lowest BCUT2D eigenvalue weighted by Crippen LogP contribution is -2.46. The number of hydrogen-bond acceptors (Lipinski definition) is 1. The van der Waals surface area contributed by atoms with Crippen LogP contribution in [0.3, 0.4) is 0 Å². The minimum atomic E-state index is 0.444. The Morgan fingerprint density at radius 2 is 1.53 bits per heavy atom. The van der Waals surface area contributed by atoms with E-state index < -0.39 is 0 Å². The third-order valence-corrected chi connectivity index (χ3v) is 3.59. The smallest absolute Gasteiger partial charge is 0.0178 e. The molecule has 0 radical (unpaired) electrons. The molecule has 0 aromatic carbocycles. The van der Waals surface area contributed by atoms with E-state index >= 15 is 0 Å². The molecule has 1 unspecified atom stereocenters. The second kappa shape index (κ2) is 8.15. The van der Waals surface area contributed by atoms with Gasteiger partial charge in [0.25, 0.3) is 0 Å². The summed E-state index contributed by atoms with van der Waals surface area (Å²) in [5, 5.41) is 0. The zero-order chi connectivity index (χ0) is 11.7. The van der Waals surface area contributed by atoms with Crippen molar-refractivity contribution in [3.63, 3.8) is 0 Å². The van der Waals surface area contributed by atoms with Crippen LogP contribution < -0.4 is 0 Å². The van der Waals surface area contributed by atoms with E-state index in [1.54, 1.807) is 0 Å². The van der Waals surface area contributed by atoms with Crippen LogP contribution in [0, 0.1) is 0 Å². The van der Waals surface area contributed by atoms with E-state index in [1.807, 2.05) is 0 Å². The zero-order valence-corrected chi connectivity index (χ0v) is 11.6. The van der Waals surface area contributed by atoms with Crippen molar-refractivity contribution in [1.82, 2.24) is 4.90 Å². The topological polar surface area (TPSA) is 3.24 Å². The molecular weight excluding hydrogens is 182 g/mol. The molecule has 0 N–H and O–H groups in total. The van der Waals surface area contributed by atoms with Gasteiger partial charge in [0.05, 0.1) is 0 Å². The van der Waals surface area contributed by atoms with Gasteiger partial charge in [-0.25, -0.2) is 0 Å². The molecule has 0 aromatic rings. The standard InChI is InChI=1S/C14H31N/c1-6-10-13-15(12-8-3)14(5,9-4)11-7-2/h6-13H2,1-5H3. The van der Waals surface area contributed by atoms with Gasteiger partial charge in [-0.15, -0.1) is 0 Å². The number of rotatable bonds is 9. The van der Waals surface area contributed by atoms with Crippen LogP contribution in [0.15, 0.2) is 0 Å². The molecular formula is C14H31N. The van der Waals surface area contributed by atoms with Crippen LogP contribution in [0.25, 0.3) is 0 Å². The first-order valence-electron chi connectivity index (χ1n) is 6.89. The molecule has 0 spiro atoms. The molecule has 1 heteroatoms. The lowest BCUT2D eigenvalue weighted by atomic mass is 9.90. The third-order valence-electron chi connectivity index (χ3n) is 3.59. The van der Waals surface area contributed by atoms with Gasteiger partial charge in [0.2, 0.25) is 0 Å². The summed E-state index contributed by atoms with van der Waals surface area (Å²) in [4.78, 5) is 2.72. The summed E-state index contributed by atoms with van der Waals surface area (Å²) in [5.74, 6) is 0. The summed E-state index contributed by atoms with van der Waals surface area (Å²) in [6.07, 6.45) is 7.86. The Balaban J connectivity index is 4.37. The van der Waals surface area contributed by atoms with Gasteiger partial charge in [0, 0.05) is 5.54 Å². The van der Waals surface area contributed by atoms with E-state index in [-0.39, 0.29) is 0 Å². The fourth-order valence-electron chi connectivity index (χ4n) is 2.37. The maximum absolute atomic E-state index is 2.72. The predicted molar refractivity (Wildman–Crippen MR) is 70.4 cm³/mol. The zero-order valence-electron chi connectivity index (χ0n) is 11.6. The Hall–Kier alpha value is -0.0400. The molecule has 0 heterocycles. The first kappa shape index (κ1) is 15.0. The fourth-order valence-corrected chi connectivity index (χ4v) is 2.37. The van der Waals surface area contributed by atoms with Crippen molar-refractivity contribution in [2.45, 2.75) is 78.7 Å². The predicted octanol–water partition coefficient (Wildman–Crippen LogP) is 4.47. The van der Waals surface area contributed by atoms with E-state index in [0.717, 1.165) is 0 Å². The fraction of sp³-hybridized carbons (Fsp3) is 1.00. The summed E-state index contributed by atoms with van der Waals surface area (Å²) in [5.41, 5.74) is 0.444. The van der Waals surface area contributed by atoms with Crippen LogP contribution >= 0.6 is 0 Å². The molecule has 1 nitrogen and oxygen atoms in total. The number of hydrogen-bond donors (Lipinski definition) is 0. The highest BCUT2D eigenvalue weighted by Gasteiger charge is 2.27. The molecule has 0 aliphatic carbocycles. The lowest BCUT2D eigenvalue weighted by Gasteiger charge is -2.41. The highest BCUT2D eigenvalue weighted by Crippen LogP contribution is 2.25. The van der Waals surface area contributed by atoms with Gasteiger partial charge in [0.1, 0.15) is 0 Å². The Morgan fingerprint density at radius 1 is 0.867 bits per heavy atom. The van der Waals surface area contributed by atoms with E-state index in [4.69, 9.17) is 0 Å². The molecule has 0 aliphatic rings. The van der Waals surface area contributed by atoms with Gasteiger partial charge >= 0.3 is 0 Å². The second-order valence-corrected chi connectivity index (χ2v) is 4.94. The number of nitrogens with zero attached hydrogens (tertiary/aromatic N) is 1. The summed E-state index contributed by atoms with van der Waals surface area (Å²) in [6.45, 7) is 14.2. The molecule has 0 aliphatic heterocycles. The Labute approximate surface area is 97.2 Å². The minimum Gasteiger partial charge on any atom is -0.298 e. The van der Waals surface area contributed by atoms with Gasteiger partial charge in [-0.05, 0) is 45.7 Å². The van der Waals surface area contributed by atoms with Crippen LogP contribution in [0.1, 0.15) is 73.1 Å². The first-order chi connectivity index (χ1) is 7.14. The van der Waals surface area contributed by atoms with Crippen molar-refractivity contribution in [1.29, 1.82) is 0 Å². The summed E-state index contributed by atoms with van der Waals surface area (Å²) < 4.78 is 0. The molecule has 0 bridgehead atoms. The average Bonchev–Trinajstić information content (AvgIpc) is 2.24. The normalized spacial score (nSPS) is 15.6. The van der Waals surface area contributed by atoms with Crippen LogP contribution in [0.2, 0.25) is 0 Å². The molecule has 0 rings (SSSR count). The Bertz CT molecular complexity index is 144. The van der Waals surface area contributed by atoms with E-state index in [2.05, 4.69) is 39.5 Å². The summed E-state index contributed by atoms with van der Waals surface area (Å²) in [7, 11) is 0. The highest BCUT2D eigenvalue weighted by atomic mass is 15.2. The van der Waals surface area contributed by atoms with Gasteiger partial charge < -0.3 is 0 Å². The van der Waals surface area contributed by atoms with Crippen LogP contribution in [-0.2, 0) is 0 Å². The highest BCUT2D eigenvalue weighted by molar-refractivity contribution is 4.84. The SMILES string of the molecule is CCCCN(CCC)C(C)(CC)CCC. The van der Waals surface area contributed by atoms with Gasteiger partial charge in [-0.2, -0.15) is 0 Å². The Morgan fingerprint density at radius 3 is 1.93 bits per heavy atom. The van der Waals surface area contributed by atoms with Crippen LogP contribution in [0.5, 0.6) is 0 Å². The quantitative estimate of drug-likeness (QED) is 0.546. The molecule has 0 fully saturated rings. The van der Waals surface area contributed by atoms with E-state index in [0.29, 0.717) is 5.54 Å². The van der Waals surface area contributed by atoms with Crippen LogP contribution in [0.4, 0.5) is 0 Å². The summed E-state index contributed by atoms with van der Waals surface area (Å²) >= 11 is 0. The van der Waals surface area contributed by atoms with Crippen molar-refractivity contribution in [2.24, 2.45) is 0 Å². The largest absolute Gasteiger partial charge is 0.298 e. The lowest BCUT2D eigenvalue weighted by molar-refractivity contribution is 0.0872. The maximum Gasteiger partial charge on any atom is 0.0178 e. The van der Waals surface area contributed by atoms with Crippen LogP contribution in [-0.4, -0.2) is 23.5 Å². The summed E-state index contributed by atoms with van der Waals surface area (Å²) in [6, 6.07) is 0. The minimum absolute atomic E-state index is 0.444. The van der Waals surface area contributed by atoms with Gasteiger partial charge in [-0.3, -0.25) is 4.90 Å². The first-order valence-corrected chi connectivity index (χ1v) is 6.89. The average molecular weight is 213 g/mol. The van der Waals surface area contributed by atoms with Crippen molar-refractivity contribution in [3.8, 4) is 0 Å². The second-order valence-electron chi connectivity index (χ2n) is 4.94. The Kier molecular flexibility index (Phi) is 8.13. The molecule has 0 amide bonds. The molecule has 1 atom stereocenters. The monoisotopic (exact) mass is 213 g/mol.